The van der Waals surface area contributed by atoms with Gasteiger partial charge in [-0.1, -0.05) is 18.2 Å². The molecule has 0 saturated heterocycles. The van der Waals surface area contributed by atoms with Crippen molar-refractivity contribution >= 4 is 28.2 Å². The zero-order valence-corrected chi connectivity index (χ0v) is 18.2. The summed E-state index contributed by atoms with van der Waals surface area (Å²) in [5.41, 5.74) is 1.06. The molecule has 0 radical (unpaired) electrons. The summed E-state index contributed by atoms with van der Waals surface area (Å²) in [6.45, 7) is 5.10. The number of aromatic nitrogens is 1. The van der Waals surface area contributed by atoms with Gasteiger partial charge in [0.1, 0.15) is 16.8 Å². The molecule has 0 saturated carbocycles. The fourth-order valence-corrected chi connectivity index (χ4v) is 4.18. The molecule has 0 aliphatic rings. The number of nitrogens with one attached hydrogen (secondary N) is 2. The first-order valence-electron chi connectivity index (χ1n) is 9.55. The van der Waals surface area contributed by atoms with E-state index < -0.39 is 17.4 Å². The van der Waals surface area contributed by atoms with Crippen molar-refractivity contribution in [3.05, 3.63) is 59.0 Å². The fourth-order valence-electron chi connectivity index (χ4n) is 3.01. The van der Waals surface area contributed by atoms with E-state index in [2.05, 4.69) is 21.7 Å². The standard InChI is InChI=1S/C22H22N4O4S/c1-13-16(18(27)26-22(2,3)21(28)29)20(31-17(13)19-24-10-11-30-19)25-9-8-14-6-4-5-7-15(14)12-23/h4-7,10-11,25H,8-9H2,1-3H3,(H,26,27)(H,28,29). The van der Waals surface area contributed by atoms with Gasteiger partial charge in [-0.2, -0.15) is 5.26 Å². The third-order valence-corrected chi connectivity index (χ3v) is 6.02. The van der Waals surface area contributed by atoms with Crippen LogP contribution in [0.2, 0.25) is 0 Å². The lowest BCUT2D eigenvalue weighted by atomic mass is 10.0. The second-order valence-electron chi connectivity index (χ2n) is 7.43. The van der Waals surface area contributed by atoms with Crippen molar-refractivity contribution in [2.75, 3.05) is 11.9 Å². The maximum Gasteiger partial charge on any atom is 0.328 e. The summed E-state index contributed by atoms with van der Waals surface area (Å²) in [6, 6.07) is 9.52. The van der Waals surface area contributed by atoms with Gasteiger partial charge in [-0.05, 0) is 44.4 Å². The van der Waals surface area contributed by atoms with Gasteiger partial charge < -0.3 is 20.2 Å². The van der Waals surface area contributed by atoms with E-state index >= 15 is 0 Å². The predicted octanol–water partition coefficient (Wildman–Crippen LogP) is 3.83. The molecule has 0 bridgehead atoms. The lowest BCUT2D eigenvalue weighted by Gasteiger charge is -2.21. The molecule has 31 heavy (non-hydrogen) atoms. The van der Waals surface area contributed by atoms with Crippen LogP contribution < -0.4 is 10.6 Å². The number of nitrogens with zero attached hydrogens (tertiary/aromatic N) is 2. The Morgan fingerprint density at radius 1 is 1.32 bits per heavy atom. The Morgan fingerprint density at radius 2 is 2.06 bits per heavy atom. The molecule has 3 aromatic rings. The molecular weight excluding hydrogens is 416 g/mol. The van der Waals surface area contributed by atoms with Crippen molar-refractivity contribution < 1.29 is 19.1 Å². The van der Waals surface area contributed by atoms with Gasteiger partial charge in [0.2, 0.25) is 5.89 Å². The Bertz CT molecular complexity index is 1140. The summed E-state index contributed by atoms with van der Waals surface area (Å²) in [7, 11) is 0. The number of oxazole rings is 1. The number of thiophene rings is 1. The number of benzene rings is 1. The first-order valence-corrected chi connectivity index (χ1v) is 10.4. The van der Waals surface area contributed by atoms with Gasteiger partial charge in [0.05, 0.1) is 28.3 Å². The highest BCUT2D eigenvalue weighted by molar-refractivity contribution is 7.20. The minimum absolute atomic E-state index is 0.348. The SMILES string of the molecule is Cc1c(-c2ncco2)sc(NCCc2ccccc2C#N)c1C(=O)NC(C)(C)C(=O)O. The molecular formula is C22H22N4O4S. The summed E-state index contributed by atoms with van der Waals surface area (Å²) >= 11 is 1.31. The van der Waals surface area contributed by atoms with Gasteiger partial charge in [-0.25, -0.2) is 9.78 Å². The first kappa shape index (κ1) is 22.1. The van der Waals surface area contributed by atoms with Crippen LogP contribution in [0, 0.1) is 18.3 Å². The summed E-state index contributed by atoms with van der Waals surface area (Å²) in [6.07, 6.45) is 3.55. The second-order valence-corrected chi connectivity index (χ2v) is 8.45. The van der Waals surface area contributed by atoms with Gasteiger partial charge in [0.25, 0.3) is 5.91 Å². The molecule has 2 aromatic heterocycles. The van der Waals surface area contributed by atoms with Gasteiger partial charge in [-0.15, -0.1) is 11.3 Å². The van der Waals surface area contributed by atoms with Crippen LogP contribution in [0.25, 0.3) is 10.8 Å². The normalized spacial score (nSPS) is 11.0. The van der Waals surface area contributed by atoms with Crippen LogP contribution in [0.1, 0.15) is 40.9 Å². The molecule has 9 heteroatoms. The monoisotopic (exact) mass is 438 g/mol. The molecule has 0 unspecified atom stereocenters. The van der Waals surface area contributed by atoms with E-state index in [9.17, 15) is 20.0 Å². The van der Waals surface area contributed by atoms with Crippen LogP contribution in [-0.2, 0) is 11.2 Å². The lowest BCUT2D eigenvalue weighted by Crippen LogP contribution is -2.49. The fraction of sp³-hybridized carbons (Fsp3) is 0.273. The molecule has 1 amide bonds. The Morgan fingerprint density at radius 3 is 2.71 bits per heavy atom. The third-order valence-electron chi connectivity index (χ3n) is 4.78. The minimum Gasteiger partial charge on any atom is -0.480 e. The molecule has 160 valence electrons. The van der Waals surface area contributed by atoms with Crippen LogP contribution >= 0.6 is 11.3 Å². The van der Waals surface area contributed by atoms with E-state index in [1.54, 1.807) is 13.0 Å². The number of carboxylic acid groups (broad SMARTS) is 1. The average molecular weight is 439 g/mol. The molecule has 0 aliphatic heterocycles. The smallest absolute Gasteiger partial charge is 0.328 e. The van der Waals surface area contributed by atoms with Gasteiger partial charge >= 0.3 is 5.97 Å². The van der Waals surface area contributed by atoms with Crippen LogP contribution in [-0.4, -0.2) is 34.1 Å². The van der Waals surface area contributed by atoms with Gasteiger partial charge in [-0.3, -0.25) is 4.79 Å². The lowest BCUT2D eigenvalue weighted by molar-refractivity contribution is -0.143. The molecule has 0 fully saturated rings. The molecule has 3 N–H and O–H groups in total. The average Bonchev–Trinajstić information content (AvgIpc) is 3.35. The van der Waals surface area contributed by atoms with Crippen molar-refractivity contribution in [1.82, 2.24) is 10.3 Å². The molecule has 2 heterocycles. The van der Waals surface area contributed by atoms with E-state index in [-0.39, 0.29) is 0 Å². The van der Waals surface area contributed by atoms with E-state index in [4.69, 9.17) is 4.42 Å². The number of aliphatic carboxylic acids is 1. The first-order chi connectivity index (χ1) is 14.7. The highest BCUT2D eigenvalue weighted by Gasteiger charge is 2.32. The van der Waals surface area contributed by atoms with E-state index in [1.165, 1.54) is 37.6 Å². The Balaban J connectivity index is 1.89. The largest absolute Gasteiger partial charge is 0.480 e. The maximum absolute atomic E-state index is 13.0. The molecule has 8 nitrogen and oxygen atoms in total. The Labute approximate surface area is 183 Å². The number of nitriles is 1. The van der Waals surface area contributed by atoms with Crippen molar-refractivity contribution in [1.29, 1.82) is 5.26 Å². The zero-order valence-electron chi connectivity index (χ0n) is 17.4. The molecule has 0 spiro atoms. The zero-order chi connectivity index (χ0) is 22.6. The van der Waals surface area contributed by atoms with Crippen molar-refractivity contribution in [2.45, 2.75) is 32.7 Å². The Hall–Kier alpha value is -3.64. The summed E-state index contributed by atoms with van der Waals surface area (Å²) in [4.78, 5) is 29.3. The van der Waals surface area contributed by atoms with E-state index in [0.29, 0.717) is 45.4 Å². The minimum atomic E-state index is -1.43. The van der Waals surface area contributed by atoms with Crippen LogP contribution in [0.15, 0.2) is 41.1 Å². The highest BCUT2D eigenvalue weighted by atomic mass is 32.1. The van der Waals surface area contributed by atoms with Crippen molar-refractivity contribution in [2.24, 2.45) is 0 Å². The van der Waals surface area contributed by atoms with Crippen LogP contribution in [0.5, 0.6) is 0 Å². The van der Waals surface area contributed by atoms with Gasteiger partial charge in [0, 0.05) is 6.54 Å². The summed E-state index contributed by atoms with van der Waals surface area (Å²) < 4.78 is 5.40. The van der Waals surface area contributed by atoms with Crippen molar-refractivity contribution in [3.63, 3.8) is 0 Å². The number of amides is 1. The molecule has 1 aromatic carbocycles. The van der Waals surface area contributed by atoms with Crippen molar-refractivity contribution in [3.8, 4) is 16.8 Å². The molecule has 3 rings (SSSR count). The number of carbonyl (C=O) groups is 2. The second kappa shape index (κ2) is 9.02. The number of anilines is 1. The molecule has 0 atom stereocenters. The Kier molecular flexibility index (Phi) is 6.42. The number of hydrogen-bond donors (Lipinski definition) is 3. The third kappa shape index (κ3) is 4.75. The summed E-state index contributed by atoms with van der Waals surface area (Å²) in [5.74, 6) is -1.25. The van der Waals surface area contributed by atoms with E-state index in [1.807, 2.05) is 18.2 Å². The van der Waals surface area contributed by atoms with Crippen LogP contribution in [0.3, 0.4) is 0 Å². The van der Waals surface area contributed by atoms with Gasteiger partial charge in [0.15, 0.2) is 0 Å². The number of hydrogen-bond acceptors (Lipinski definition) is 7. The maximum atomic E-state index is 13.0. The van der Waals surface area contributed by atoms with E-state index in [0.717, 1.165) is 5.56 Å². The topological polar surface area (TPSA) is 128 Å². The van der Waals surface area contributed by atoms with Crippen LogP contribution in [0.4, 0.5) is 5.00 Å². The highest BCUT2D eigenvalue weighted by Crippen LogP contribution is 2.39. The number of carbonyl (C=O) groups excluding carboxylic acids is 1. The summed E-state index contributed by atoms with van der Waals surface area (Å²) in [5, 5.41) is 25.1. The number of carboxylic acids is 1. The quantitative estimate of drug-likeness (QED) is 0.487. The molecule has 0 aliphatic carbocycles. The number of rotatable bonds is 8. The predicted molar refractivity (Wildman–Crippen MR) is 117 cm³/mol.